The molecule has 7 heteroatoms. The van der Waals surface area contributed by atoms with Gasteiger partial charge in [-0.3, -0.25) is 19.3 Å². The monoisotopic (exact) mass is 277 g/mol. The second-order valence-electron chi connectivity index (χ2n) is 4.31. The van der Waals surface area contributed by atoms with Crippen molar-refractivity contribution in [3.63, 3.8) is 0 Å². The van der Waals surface area contributed by atoms with Crippen LogP contribution < -0.4 is 0 Å². The summed E-state index contributed by atoms with van der Waals surface area (Å²) in [5, 5.41) is 17.7. The second kappa shape index (κ2) is 5.12. The Labute approximate surface area is 113 Å². The average Bonchev–Trinajstić information content (AvgIpc) is 2.64. The van der Waals surface area contributed by atoms with Crippen molar-refractivity contribution in [1.82, 2.24) is 4.90 Å². The molecule has 104 valence electrons. The number of benzene rings is 1. The SMILES string of the molecule is O=C(O)CC[C@H](C(=O)O)N1C(=O)c2ccccc2C1=O. The van der Waals surface area contributed by atoms with Gasteiger partial charge in [-0.05, 0) is 18.6 Å². The largest absolute Gasteiger partial charge is 0.481 e. The number of aliphatic carboxylic acids is 2. The molecule has 0 aromatic heterocycles. The molecule has 2 rings (SSSR count). The number of rotatable bonds is 5. The van der Waals surface area contributed by atoms with Crippen LogP contribution in [-0.2, 0) is 9.59 Å². The zero-order chi connectivity index (χ0) is 14.9. The normalized spacial score (nSPS) is 15.1. The molecule has 1 aliphatic heterocycles. The van der Waals surface area contributed by atoms with E-state index in [1.807, 2.05) is 0 Å². The summed E-state index contributed by atoms with van der Waals surface area (Å²) >= 11 is 0. The zero-order valence-electron chi connectivity index (χ0n) is 10.3. The van der Waals surface area contributed by atoms with Gasteiger partial charge in [0.1, 0.15) is 6.04 Å². The number of nitrogens with zero attached hydrogens (tertiary/aromatic N) is 1. The summed E-state index contributed by atoms with van der Waals surface area (Å²) in [7, 11) is 0. The van der Waals surface area contributed by atoms with Gasteiger partial charge in [0, 0.05) is 6.42 Å². The van der Waals surface area contributed by atoms with Crippen LogP contribution in [0, 0.1) is 0 Å². The average molecular weight is 277 g/mol. The number of amides is 2. The molecule has 1 aliphatic rings. The Hall–Kier alpha value is -2.70. The van der Waals surface area contributed by atoms with Gasteiger partial charge in [-0.25, -0.2) is 4.79 Å². The highest BCUT2D eigenvalue weighted by molar-refractivity contribution is 6.22. The minimum atomic E-state index is -1.47. The summed E-state index contributed by atoms with van der Waals surface area (Å²) in [5.41, 5.74) is 0.276. The molecule has 20 heavy (non-hydrogen) atoms. The third-order valence-electron chi connectivity index (χ3n) is 3.05. The first-order chi connectivity index (χ1) is 9.43. The minimum absolute atomic E-state index is 0.138. The lowest BCUT2D eigenvalue weighted by molar-refractivity contribution is -0.142. The Balaban J connectivity index is 2.32. The van der Waals surface area contributed by atoms with E-state index in [4.69, 9.17) is 10.2 Å². The van der Waals surface area contributed by atoms with Crippen LogP contribution in [-0.4, -0.2) is 44.9 Å². The van der Waals surface area contributed by atoms with E-state index in [0.717, 1.165) is 0 Å². The first-order valence-electron chi connectivity index (χ1n) is 5.85. The third-order valence-corrected chi connectivity index (χ3v) is 3.05. The van der Waals surface area contributed by atoms with Crippen LogP contribution in [0.1, 0.15) is 33.6 Å². The summed E-state index contributed by atoms with van der Waals surface area (Å²) in [6.07, 6.45) is -0.763. The molecule has 0 radical (unpaired) electrons. The molecular weight excluding hydrogens is 266 g/mol. The summed E-state index contributed by atoms with van der Waals surface area (Å²) in [6, 6.07) is 4.54. The molecule has 7 nitrogen and oxygen atoms in total. The van der Waals surface area contributed by atoms with Crippen LogP contribution in [0.4, 0.5) is 0 Å². The molecule has 2 amide bonds. The zero-order valence-corrected chi connectivity index (χ0v) is 10.3. The van der Waals surface area contributed by atoms with Crippen molar-refractivity contribution in [3.8, 4) is 0 Å². The molecule has 0 aliphatic carbocycles. The highest BCUT2D eigenvalue weighted by Gasteiger charge is 2.42. The standard InChI is InChI=1S/C13H11NO6/c15-10(16)6-5-9(13(19)20)14-11(17)7-3-1-2-4-8(7)12(14)18/h1-4,9H,5-6H2,(H,15,16)(H,19,20)/t9-/m1/s1. The molecule has 1 aromatic rings. The van der Waals surface area contributed by atoms with Crippen molar-refractivity contribution in [1.29, 1.82) is 0 Å². The first-order valence-corrected chi connectivity index (χ1v) is 5.85. The lowest BCUT2D eigenvalue weighted by Crippen LogP contribution is -2.45. The quantitative estimate of drug-likeness (QED) is 0.762. The maximum absolute atomic E-state index is 12.1. The summed E-state index contributed by atoms with van der Waals surface area (Å²) in [5.74, 6) is -4.00. The Morgan fingerprint density at radius 3 is 1.95 bits per heavy atom. The Bertz CT molecular complexity index is 574. The van der Waals surface area contributed by atoms with E-state index >= 15 is 0 Å². The Morgan fingerprint density at radius 1 is 1.05 bits per heavy atom. The summed E-state index contributed by atoms with van der Waals surface area (Å²) in [4.78, 5) is 46.5. The van der Waals surface area contributed by atoms with Crippen LogP contribution >= 0.6 is 0 Å². The topological polar surface area (TPSA) is 112 Å². The van der Waals surface area contributed by atoms with Crippen molar-refractivity contribution < 1.29 is 29.4 Å². The van der Waals surface area contributed by atoms with Crippen molar-refractivity contribution in [3.05, 3.63) is 35.4 Å². The fourth-order valence-electron chi connectivity index (χ4n) is 2.11. The number of carbonyl (C=O) groups is 4. The number of carbonyl (C=O) groups excluding carboxylic acids is 2. The van der Waals surface area contributed by atoms with Gasteiger partial charge in [0.15, 0.2) is 0 Å². The summed E-state index contributed by atoms with van der Waals surface area (Å²) in [6.45, 7) is 0. The van der Waals surface area contributed by atoms with E-state index in [1.54, 1.807) is 12.1 Å². The number of carboxylic acids is 2. The molecule has 0 spiro atoms. The van der Waals surface area contributed by atoms with E-state index < -0.39 is 36.2 Å². The van der Waals surface area contributed by atoms with Gasteiger partial charge in [0.05, 0.1) is 11.1 Å². The van der Waals surface area contributed by atoms with Gasteiger partial charge in [0.25, 0.3) is 11.8 Å². The molecule has 2 N–H and O–H groups in total. The van der Waals surface area contributed by atoms with E-state index in [1.165, 1.54) is 12.1 Å². The summed E-state index contributed by atoms with van der Waals surface area (Å²) < 4.78 is 0. The van der Waals surface area contributed by atoms with Crippen molar-refractivity contribution in [2.24, 2.45) is 0 Å². The molecule has 0 saturated carbocycles. The van der Waals surface area contributed by atoms with E-state index in [2.05, 4.69) is 0 Å². The van der Waals surface area contributed by atoms with Crippen LogP contribution in [0.25, 0.3) is 0 Å². The van der Waals surface area contributed by atoms with Crippen molar-refractivity contribution in [2.45, 2.75) is 18.9 Å². The van der Waals surface area contributed by atoms with Gasteiger partial charge in [-0.2, -0.15) is 0 Å². The van der Waals surface area contributed by atoms with Crippen LogP contribution in [0.15, 0.2) is 24.3 Å². The number of hydrogen-bond acceptors (Lipinski definition) is 4. The predicted octanol–water partition coefficient (Wildman–Crippen LogP) is 0.601. The smallest absolute Gasteiger partial charge is 0.326 e. The number of hydrogen-bond donors (Lipinski definition) is 2. The van der Waals surface area contributed by atoms with Crippen molar-refractivity contribution in [2.75, 3.05) is 0 Å². The fourth-order valence-corrected chi connectivity index (χ4v) is 2.11. The maximum atomic E-state index is 12.1. The molecule has 0 unspecified atom stereocenters. The van der Waals surface area contributed by atoms with Crippen LogP contribution in [0.5, 0.6) is 0 Å². The Morgan fingerprint density at radius 2 is 1.55 bits per heavy atom. The van der Waals surface area contributed by atoms with Gasteiger partial charge in [-0.15, -0.1) is 0 Å². The van der Waals surface area contributed by atoms with Gasteiger partial charge in [0.2, 0.25) is 0 Å². The van der Waals surface area contributed by atoms with E-state index in [0.29, 0.717) is 4.90 Å². The highest BCUT2D eigenvalue weighted by atomic mass is 16.4. The lowest BCUT2D eigenvalue weighted by Gasteiger charge is -2.21. The number of carboxylic acid groups (broad SMARTS) is 2. The first kappa shape index (κ1) is 13.7. The molecule has 0 bridgehead atoms. The molecule has 0 fully saturated rings. The third kappa shape index (κ3) is 2.25. The van der Waals surface area contributed by atoms with Gasteiger partial charge in [-0.1, -0.05) is 12.1 Å². The molecule has 1 atom stereocenters. The van der Waals surface area contributed by atoms with Crippen LogP contribution in [0.3, 0.4) is 0 Å². The van der Waals surface area contributed by atoms with E-state index in [9.17, 15) is 19.2 Å². The molecule has 1 aromatic carbocycles. The minimum Gasteiger partial charge on any atom is -0.481 e. The lowest BCUT2D eigenvalue weighted by atomic mass is 10.1. The Kier molecular flexibility index (Phi) is 3.51. The fraction of sp³-hybridized carbons (Fsp3) is 0.231. The van der Waals surface area contributed by atoms with Gasteiger partial charge < -0.3 is 10.2 Å². The number of imide groups is 1. The van der Waals surface area contributed by atoms with E-state index in [-0.39, 0.29) is 17.5 Å². The highest BCUT2D eigenvalue weighted by Crippen LogP contribution is 2.26. The maximum Gasteiger partial charge on any atom is 0.326 e. The van der Waals surface area contributed by atoms with Crippen molar-refractivity contribution >= 4 is 23.8 Å². The molecule has 0 saturated heterocycles. The predicted molar refractivity (Wildman–Crippen MR) is 65.2 cm³/mol. The van der Waals surface area contributed by atoms with Gasteiger partial charge >= 0.3 is 11.9 Å². The number of fused-ring (bicyclic) bond motifs is 1. The molecular formula is C13H11NO6. The molecule has 1 heterocycles. The van der Waals surface area contributed by atoms with Crippen LogP contribution in [0.2, 0.25) is 0 Å². The second-order valence-corrected chi connectivity index (χ2v) is 4.31.